The number of halogens is 1. The van der Waals surface area contributed by atoms with Crippen LogP contribution in [0.4, 0.5) is 5.69 Å². The number of rotatable bonds is 4. The van der Waals surface area contributed by atoms with Crippen molar-refractivity contribution in [2.75, 3.05) is 11.9 Å². The molecule has 0 aliphatic carbocycles. The largest absolute Gasteiger partial charge is 0.469 e. The summed E-state index contributed by atoms with van der Waals surface area (Å²) in [6.45, 7) is 2.71. The van der Waals surface area contributed by atoms with E-state index >= 15 is 0 Å². The van der Waals surface area contributed by atoms with E-state index in [4.69, 9.17) is 22.4 Å². The molecule has 0 amide bonds. The molecule has 0 unspecified atom stereocenters. The molecule has 2 aromatic rings. The van der Waals surface area contributed by atoms with Crippen molar-refractivity contribution in [3.8, 4) is 0 Å². The molecular formula is C14H15BrN2OS. The molecule has 100 valence electrons. The van der Waals surface area contributed by atoms with Crippen molar-refractivity contribution >= 4 is 38.8 Å². The Morgan fingerprint density at radius 1 is 1.42 bits per heavy atom. The van der Waals surface area contributed by atoms with E-state index in [2.05, 4.69) is 20.8 Å². The van der Waals surface area contributed by atoms with Crippen LogP contribution in [0.15, 0.2) is 39.4 Å². The van der Waals surface area contributed by atoms with Gasteiger partial charge in [0.05, 0.1) is 6.26 Å². The lowest BCUT2D eigenvalue weighted by Gasteiger charge is -2.22. The van der Waals surface area contributed by atoms with Crippen molar-refractivity contribution in [2.45, 2.75) is 13.5 Å². The Hall–Kier alpha value is -1.33. The number of aryl methyl sites for hydroxylation is 1. The lowest BCUT2D eigenvalue weighted by molar-refractivity contribution is 0.529. The van der Waals surface area contributed by atoms with Gasteiger partial charge in [-0.05, 0) is 31.2 Å². The van der Waals surface area contributed by atoms with E-state index in [-0.39, 0.29) is 0 Å². The van der Waals surface area contributed by atoms with E-state index in [0.29, 0.717) is 4.99 Å². The Kier molecular flexibility index (Phi) is 4.27. The quantitative estimate of drug-likeness (QED) is 0.864. The fourth-order valence-corrected chi connectivity index (χ4v) is 2.48. The monoisotopic (exact) mass is 338 g/mol. The highest BCUT2D eigenvalue weighted by atomic mass is 79.9. The molecule has 1 aromatic heterocycles. The summed E-state index contributed by atoms with van der Waals surface area (Å²) in [5.74, 6) is 0.931. The van der Waals surface area contributed by atoms with E-state index in [1.165, 1.54) is 0 Å². The first-order valence-corrected chi connectivity index (χ1v) is 7.02. The molecule has 5 heteroatoms. The molecule has 2 N–H and O–H groups in total. The third-order valence-electron chi connectivity index (χ3n) is 3.01. The lowest BCUT2D eigenvalue weighted by Crippen LogP contribution is -2.21. The first-order chi connectivity index (χ1) is 8.99. The Morgan fingerprint density at radius 3 is 2.74 bits per heavy atom. The summed E-state index contributed by atoms with van der Waals surface area (Å²) in [4.78, 5) is 2.51. The zero-order valence-electron chi connectivity index (χ0n) is 10.8. The number of nitrogens with zero attached hydrogens (tertiary/aromatic N) is 1. The molecule has 19 heavy (non-hydrogen) atoms. The van der Waals surface area contributed by atoms with Gasteiger partial charge < -0.3 is 15.1 Å². The molecule has 0 fully saturated rings. The average Bonchev–Trinajstić information content (AvgIpc) is 2.74. The molecule has 1 heterocycles. The van der Waals surface area contributed by atoms with Crippen molar-refractivity contribution < 1.29 is 4.42 Å². The van der Waals surface area contributed by atoms with Crippen molar-refractivity contribution in [1.82, 2.24) is 0 Å². The minimum Gasteiger partial charge on any atom is -0.469 e. The zero-order chi connectivity index (χ0) is 14.0. The Morgan fingerprint density at radius 2 is 2.16 bits per heavy atom. The van der Waals surface area contributed by atoms with Gasteiger partial charge in [-0.2, -0.15) is 0 Å². The smallest absolute Gasteiger partial charge is 0.106 e. The number of anilines is 1. The molecule has 3 nitrogen and oxygen atoms in total. The predicted octanol–water partition coefficient (Wildman–Crippen LogP) is 3.62. The second-order valence-corrected chi connectivity index (χ2v) is 5.74. The van der Waals surface area contributed by atoms with Gasteiger partial charge in [-0.25, -0.2) is 0 Å². The van der Waals surface area contributed by atoms with Crippen molar-refractivity contribution in [3.63, 3.8) is 0 Å². The summed E-state index contributed by atoms with van der Waals surface area (Å²) in [5.41, 5.74) is 8.82. The first kappa shape index (κ1) is 14.1. The highest BCUT2D eigenvalue weighted by Gasteiger charge is 2.12. The van der Waals surface area contributed by atoms with Crippen LogP contribution in [0.1, 0.15) is 16.9 Å². The molecule has 0 radical (unpaired) electrons. The fraction of sp³-hybridized carbons (Fsp3) is 0.214. The normalized spacial score (nSPS) is 10.5. The van der Waals surface area contributed by atoms with E-state index in [0.717, 1.165) is 33.6 Å². The second-order valence-electron chi connectivity index (χ2n) is 4.38. The molecule has 0 bridgehead atoms. The first-order valence-electron chi connectivity index (χ1n) is 5.82. The van der Waals surface area contributed by atoms with Crippen LogP contribution < -0.4 is 10.6 Å². The van der Waals surface area contributed by atoms with Crippen LogP contribution in [0.3, 0.4) is 0 Å². The van der Waals surface area contributed by atoms with Crippen molar-refractivity contribution in [2.24, 2.45) is 5.73 Å². The Bertz CT molecular complexity index is 609. The van der Waals surface area contributed by atoms with Crippen molar-refractivity contribution in [1.29, 1.82) is 0 Å². The van der Waals surface area contributed by atoms with Gasteiger partial charge in [0.2, 0.25) is 0 Å². The number of thiocarbonyl (C=S) groups is 1. The highest BCUT2D eigenvalue weighted by Crippen LogP contribution is 2.25. The topological polar surface area (TPSA) is 42.4 Å². The van der Waals surface area contributed by atoms with Crippen LogP contribution in [-0.2, 0) is 6.54 Å². The SMILES string of the molecule is Cc1occc1CN(C)c1ccc(Br)cc1C(N)=S. The zero-order valence-corrected chi connectivity index (χ0v) is 13.2. The van der Waals surface area contributed by atoms with E-state index in [1.54, 1.807) is 6.26 Å². The van der Waals surface area contributed by atoms with Gasteiger partial charge in [0, 0.05) is 34.9 Å². The van der Waals surface area contributed by atoms with Crippen LogP contribution >= 0.6 is 28.1 Å². The molecule has 0 aliphatic rings. The summed E-state index contributed by atoms with van der Waals surface area (Å²) < 4.78 is 6.28. The van der Waals surface area contributed by atoms with Crippen LogP contribution in [-0.4, -0.2) is 12.0 Å². The van der Waals surface area contributed by atoms with Gasteiger partial charge in [0.1, 0.15) is 10.7 Å². The summed E-state index contributed by atoms with van der Waals surface area (Å²) >= 11 is 8.55. The maximum absolute atomic E-state index is 5.79. The van der Waals surface area contributed by atoms with Gasteiger partial charge in [-0.3, -0.25) is 0 Å². The fourth-order valence-electron chi connectivity index (χ4n) is 1.95. The third kappa shape index (κ3) is 3.16. The highest BCUT2D eigenvalue weighted by molar-refractivity contribution is 9.10. The third-order valence-corrected chi connectivity index (χ3v) is 3.72. The van der Waals surface area contributed by atoms with Gasteiger partial charge in [0.25, 0.3) is 0 Å². The van der Waals surface area contributed by atoms with E-state index in [9.17, 15) is 0 Å². The number of hydrogen-bond acceptors (Lipinski definition) is 3. The number of furan rings is 1. The molecule has 0 saturated heterocycles. The van der Waals surface area contributed by atoms with Crippen LogP contribution in [0.5, 0.6) is 0 Å². The van der Waals surface area contributed by atoms with Crippen molar-refractivity contribution in [3.05, 3.63) is 51.9 Å². The summed E-state index contributed by atoms with van der Waals surface area (Å²) in [5, 5.41) is 0. The summed E-state index contributed by atoms with van der Waals surface area (Å²) in [7, 11) is 2.01. The van der Waals surface area contributed by atoms with Gasteiger partial charge >= 0.3 is 0 Å². The Labute approximate surface area is 126 Å². The maximum Gasteiger partial charge on any atom is 0.106 e. The minimum atomic E-state index is 0.395. The molecular weight excluding hydrogens is 324 g/mol. The second kappa shape index (κ2) is 5.75. The number of benzene rings is 1. The van der Waals surface area contributed by atoms with Gasteiger partial charge in [-0.1, -0.05) is 28.1 Å². The molecule has 0 saturated carbocycles. The van der Waals surface area contributed by atoms with Crippen LogP contribution in [0.25, 0.3) is 0 Å². The number of nitrogens with two attached hydrogens (primary N) is 1. The molecule has 0 spiro atoms. The van der Waals surface area contributed by atoms with Crippen LogP contribution in [0, 0.1) is 6.92 Å². The summed E-state index contributed by atoms with van der Waals surface area (Å²) in [6.07, 6.45) is 1.70. The molecule has 0 atom stereocenters. The number of hydrogen-bond donors (Lipinski definition) is 1. The Balaban J connectivity index is 2.31. The van der Waals surface area contributed by atoms with Gasteiger partial charge in [-0.15, -0.1) is 0 Å². The molecule has 0 aliphatic heterocycles. The lowest BCUT2D eigenvalue weighted by atomic mass is 10.1. The predicted molar refractivity (Wildman–Crippen MR) is 85.6 cm³/mol. The van der Waals surface area contributed by atoms with Crippen LogP contribution in [0.2, 0.25) is 0 Å². The standard InChI is InChI=1S/C14H15BrN2OS/c1-9-10(5-6-18-9)8-17(2)13-4-3-11(15)7-12(13)14(16)19/h3-7H,8H2,1-2H3,(H2,16,19). The minimum absolute atomic E-state index is 0.395. The maximum atomic E-state index is 5.79. The van der Waals surface area contributed by atoms with E-state index in [1.807, 2.05) is 38.2 Å². The molecule has 1 aromatic carbocycles. The molecule has 2 rings (SSSR count). The summed E-state index contributed by atoms with van der Waals surface area (Å²) in [6, 6.07) is 7.91. The van der Waals surface area contributed by atoms with Gasteiger partial charge in [0.15, 0.2) is 0 Å². The average molecular weight is 339 g/mol. The van der Waals surface area contributed by atoms with E-state index < -0.39 is 0 Å².